The zero-order valence-corrected chi connectivity index (χ0v) is 7.09. The summed E-state index contributed by atoms with van der Waals surface area (Å²) in [6, 6.07) is 0. The zero-order chi connectivity index (χ0) is 7.84. The van der Waals surface area contributed by atoms with Gasteiger partial charge in [0.25, 0.3) is 0 Å². The van der Waals surface area contributed by atoms with Gasteiger partial charge in [0, 0.05) is 0 Å². The molecule has 0 spiro atoms. The Morgan fingerprint density at radius 2 is 2.27 bits per heavy atom. The second-order valence-corrected chi connectivity index (χ2v) is 3.95. The molecule has 1 fully saturated rings. The van der Waals surface area contributed by atoms with E-state index in [-0.39, 0.29) is 6.10 Å². The van der Waals surface area contributed by atoms with Crippen LogP contribution in [-0.4, -0.2) is 11.2 Å². The van der Waals surface area contributed by atoms with Gasteiger partial charge in [-0.1, -0.05) is 18.1 Å². The monoisotopic (exact) mass is 152 g/mol. The molecule has 0 aromatic rings. The van der Waals surface area contributed by atoms with Crippen molar-refractivity contribution in [2.75, 3.05) is 0 Å². The summed E-state index contributed by atoms with van der Waals surface area (Å²) in [5, 5.41) is 9.66. The molecule has 62 valence electrons. The molecule has 2 aliphatic carbocycles. The number of aliphatic hydroxyl groups is 1. The topological polar surface area (TPSA) is 20.2 Å². The van der Waals surface area contributed by atoms with Crippen LogP contribution in [0.4, 0.5) is 0 Å². The average Bonchev–Trinajstić information content (AvgIpc) is 2.35. The van der Waals surface area contributed by atoms with Crippen LogP contribution < -0.4 is 0 Å². The van der Waals surface area contributed by atoms with Crippen LogP contribution in [0, 0.1) is 11.8 Å². The molecule has 1 heteroatoms. The minimum absolute atomic E-state index is 0.0116. The van der Waals surface area contributed by atoms with Crippen LogP contribution in [0.3, 0.4) is 0 Å². The Labute approximate surface area is 68.1 Å². The van der Waals surface area contributed by atoms with E-state index in [9.17, 15) is 5.11 Å². The van der Waals surface area contributed by atoms with Gasteiger partial charge in [-0.15, -0.1) is 0 Å². The molecule has 0 aliphatic heterocycles. The molecule has 0 bridgehead atoms. The maximum atomic E-state index is 9.66. The normalized spacial score (nSPS) is 43.5. The Bertz CT molecular complexity index is 183. The first-order chi connectivity index (χ1) is 5.29. The summed E-state index contributed by atoms with van der Waals surface area (Å²) in [5.74, 6) is 1.29. The standard InChI is InChI=1S/C10H16O/c1-7-5-6-9-8(7)3-2-4-10(9)11/h5,8-11H,2-4,6H2,1H3. The first kappa shape index (κ1) is 7.35. The van der Waals surface area contributed by atoms with Crippen molar-refractivity contribution in [1.82, 2.24) is 0 Å². The van der Waals surface area contributed by atoms with E-state index in [1.54, 1.807) is 0 Å². The van der Waals surface area contributed by atoms with E-state index < -0.39 is 0 Å². The second kappa shape index (κ2) is 2.63. The van der Waals surface area contributed by atoms with Gasteiger partial charge in [-0.25, -0.2) is 0 Å². The molecule has 0 amide bonds. The summed E-state index contributed by atoms with van der Waals surface area (Å²) >= 11 is 0. The van der Waals surface area contributed by atoms with E-state index >= 15 is 0 Å². The molecule has 0 saturated heterocycles. The average molecular weight is 152 g/mol. The van der Waals surface area contributed by atoms with Crippen LogP contribution in [0.5, 0.6) is 0 Å². The maximum absolute atomic E-state index is 9.66. The van der Waals surface area contributed by atoms with Crippen molar-refractivity contribution in [3.63, 3.8) is 0 Å². The van der Waals surface area contributed by atoms with E-state index in [2.05, 4.69) is 13.0 Å². The van der Waals surface area contributed by atoms with Crippen LogP contribution in [0.1, 0.15) is 32.6 Å². The van der Waals surface area contributed by atoms with E-state index in [1.807, 2.05) is 0 Å². The molecule has 2 aliphatic rings. The van der Waals surface area contributed by atoms with Crippen LogP contribution in [0.15, 0.2) is 11.6 Å². The molecule has 11 heavy (non-hydrogen) atoms. The lowest BCUT2D eigenvalue weighted by Crippen LogP contribution is -2.29. The largest absolute Gasteiger partial charge is 0.393 e. The minimum atomic E-state index is -0.0116. The number of allylic oxidation sites excluding steroid dienone is 2. The highest BCUT2D eigenvalue weighted by Crippen LogP contribution is 2.41. The van der Waals surface area contributed by atoms with Gasteiger partial charge in [0.2, 0.25) is 0 Å². The molecule has 1 nitrogen and oxygen atoms in total. The van der Waals surface area contributed by atoms with Gasteiger partial charge < -0.3 is 5.11 Å². The summed E-state index contributed by atoms with van der Waals surface area (Å²) in [6.07, 6.45) is 6.98. The van der Waals surface area contributed by atoms with Crippen LogP contribution >= 0.6 is 0 Å². The Hall–Kier alpha value is -0.300. The third-order valence-corrected chi connectivity index (χ3v) is 3.32. The van der Waals surface area contributed by atoms with Gasteiger partial charge in [-0.05, 0) is 38.0 Å². The first-order valence-corrected chi connectivity index (χ1v) is 4.64. The lowest BCUT2D eigenvalue weighted by Gasteiger charge is -2.31. The summed E-state index contributed by atoms with van der Waals surface area (Å²) < 4.78 is 0. The molecule has 0 heterocycles. The van der Waals surface area contributed by atoms with E-state index in [0.29, 0.717) is 5.92 Å². The molecule has 0 radical (unpaired) electrons. The van der Waals surface area contributed by atoms with Gasteiger partial charge in [-0.2, -0.15) is 0 Å². The smallest absolute Gasteiger partial charge is 0.0577 e. The number of hydrogen-bond acceptors (Lipinski definition) is 1. The predicted molar refractivity (Wildman–Crippen MR) is 45.2 cm³/mol. The summed E-state index contributed by atoms with van der Waals surface area (Å²) in [4.78, 5) is 0. The van der Waals surface area contributed by atoms with Crippen molar-refractivity contribution in [1.29, 1.82) is 0 Å². The molecule has 0 aromatic heterocycles. The fourth-order valence-corrected chi connectivity index (χ4v) is 2.60. The Balaban J connectivity index is 2.12. The summed E-state index contributed by atoms with van der Waals surface area (Å²) in [5.41, 5.74) is 1.52. The van der Waals surface area contributed by atoms with Crippen molar-refractivity contribution in [3.8, 4) is 0 Å². The molecular formula is C10H16O. The Morgan fingerprint density at radius 3 is 3.00 bits per heavy atom. The third-order valence-electron chi connectivity index (χ3n) is 3.32. The van der Waals surface area contributed by atoms with Crippen molar-refractivity contribution < 1.29 is 5.11 Å². The summed E-state index contributed by atoms with van der Waals surface area (Å²) in [6.45, 7) is 2.21. The van der Waals surface area contributed by atoms with Crippen molar-refractivity contribution in [2.24, 2.45) is 11.8 Å². The fraction of sp³-hybridized carbons (Fsp3) is 0.800. The van der Waals surface area contributed by atoms with Crippen LogP contribution in [-0.2, 0) is 0 Å². The van der Waals surface area contributed by atoms with Crippen LogP contribution in [0.2, 0.25) is 0 Å². The Kier molecular flexibility index (Phi) is 1.76. The molecule has 1 N–H and O–H groups in total. The van der Waals surface area contributed by atoms with Gasteiger partial charge in [0.1, 0.15) is 0 Å². The van der Waals surface area contributed by atoms with E-state index in [4.69, 9.17) is 0 Å². The molecule has 1 saturated carbocycles. The molecule has 0 aromatic carbocycles. The van der Waals surface area contributed by atoms with Gasteiger partial charge >= 0.3 is 0 Å². The SMILES string of the molecule is CC1=CCC2C(O)CCCC12. The first-order valence-electron chi connectivity index (χ1n) is 4.64. The highest BCUT2D eigenvalue weighted by molar-refractivity contribution is 5.15. The molecule has 3 atom stereocenters. The molecular weight excluding hydrogens is 136 g/mol. The number of rotatable bonds is 0. The summed E-state index contributed by atoms with van der Waals surface area (Å²) in [7, 11) is 0. The number of hydrogen-bond donors (Lipinski definition) is 1. The van der Waals surface area contributed by atoms with Gasteiger partial charge in [0.05, 0.1) is 6.10 Å². The Morgan fingerprint density at radius 1 is 1.45 bits per heavy atom. The molecule has 2 rings (SSSR count). The van der Waals surface area contributed by atoms with E-state index in [1.165, 1.54) is 18.4 Å². The zero-order valence-electron chi connectivity index (χ0n) is 7.09. The van der Waals surface area contributed by atoms with Gasteiger partial charge in [0.15, 0.2) is 0 Å². The number of aliphatic hydroxyl groups excluding tert-OH is 1. The predicted octanol–water partition coefficient (Wildman–Crippen LogP) is 2.11. The minimum Gasteiger partial charge on any atom is -0.393 e. The third kappa shape index (κ3) is 1.12. The van der Waals surface area contributed by atoms with E-state index in [0.717, 1.165) is 18.8 Å². The fourth-order valence-electron chi connectivity index (χ4n) is 2.60. The number of fused-ring (bicyclic) bond motifs is 1. The maximum Gasteiger partial charge on any atom is 0.0577 e. The highest BCUT2D eigenvalue weighted by Gasteiger charge is 2.35. The quantitative estimate of drug-likeness (QED) is 0.527. The second-order valence-electron chi connectivity index (χ2n) is 3.95. The van der Waals surface area contributed by atoms with Crippen molar-refractivity contribution >= 4 is 0 Å². The molecule has 3 unspecified atom stereocenters. The lowest BCUT2D eigenvalue weighted by molar-refractivity contribution is 0.0522. The van der Waals surface area contributed by atoms with Crippen molar-refractivity contribution in [3.05, 3.63) is 11.6 Å². The lowest BCUT2D eigenvalue weighted by atomic mass is 9.77. The highest BCUT2D eigenvalue weighted by atomic mass is 16.3. The van der Waals surface area contributed by atoms with Crippen LogP contribution in [0.25, 0.3) is 0 Å². The van der Waals surface area contributed by atoms with Gasteiger partial charge in [-0.3, -0.25) is 0 Å². The van der Waals surface area contributed by atoms with Crippen molar-refractivity contribution in [2.45, 2.75) is 38.7 Å².